The molecular formula is C13H13NO2S. The summed E-state index contributed by atoms with van der Waals surface area (Å²) in [5, 5.41) is 4.85. The van der Waals surface area contributed by atoms with Gasteiger partial charge >= 0.3 is 0 Å². The Morgan fingerprint density at radius 2 is 2.41 bits per heavy atom. The first kappa shape index (κ1) is 11.7. The van der Waals surface area contributed by atoms with Crippen molar-refractivity contribution in [2.24, 2.45) is 0 Å². The molecule has 0 bridgehead atoms. The number of amides is 1. The van der Waals surface area contributed by atoms with E-state index < -0.39 is 0 Å². The molecule has 0 aliphatic heterocycles. The zero-order chi connectivity index (χ0) is 12.1. The van der Waals surface area contributed by atoms with Crippen LogP contribution in [0.2, 0.25) is 0 Å². The molecule has 2 heterocycles. The Hall–Kier alpha value is -1.81. The van der Waals surface area contributed by atoms with Gasteiger partial charge in [-0.2, -0.15) is 0 Å². The molecule has 0 aliphatic carbocycles. The summed E-state index contributed by atoms with van der Waals surface area (Å²) in [5.74, 6) is 0.557. The first-order valence-electron chi connectivity index (χ1n) is 5.28. The molecule has 0 aromatic carbocycles. The normalized spacial score (nSPS) is 10.9. The Bertz CT molecular complexity index is 511. The molecule has 0 unspecified atom stereocenters. The van der Waals surface area contributed by atoms with E-state index in [-0.39, 0.29) is 5.91 Å². The van der Waals surface area contributed by atoms with E-state index >= 15 is 0 Å². The Balaban J connectivity index is 1.84. The fraction of sp³-hybridized carbons (Fsp3) is 0.154. The largest absolute Gasteiger partial charge is 0.465 e. The van der Waals surface area contributed by atoms with Crippen LogP contribution in [0.5, 0.6) is 0 Å². The number of hydrogen-bond donors (Lipinski definition) is 1. The lowest BCUT2D eigenvalue weighted by Gasteiger charge is -2.00. The van der Waals surface area contributed by atoms with Gasteiger partial charge in [0.05, 0.1) is 12.8 Å². The zero-order valence-corrected chi connectivity index (χ0v) is 10.3. The maximum atomic E-state index is 11.5. The monoisotopic (exact) mass is 247 g/mol. The number of rotatable bonds is 4. The van der Waals surface area contributed by atoms with Crippen molar-refractivity contribution in [3.8, 4) is 0 Å². The van der Waals surface area contributed by atoms with Crippen molar-refractivity contribution < 1.29 is 9.21 Å². The van der Waals surface area contributed by atoms with E-state index in [1.807, 2.05) is 18.4 Å². The number of carbonyl (C=O) groups is 1. The van der Waals surface area contributed by atoms with Crippen LogP contribution >= 0.6 is 11.3 Å². The minimum Gasteiger partial charge on any atom is -0.465 e. The van der Waals surface area contributed by atoms with Crippen LogP contribution in [0.15, 0.2) is 40.3 Å². The SMILES string of the molecule is Cc1ccsc1CNC(=O)/C=C/c1ccco1. The second-order valence-corrected chi connectivity index (χ2v) is 4.59. The number of nitrogens with one attached hydrogen (secondary N) is 1. The van der Waals surface area contributed by atoms with E-state index in [1.54, 1.807) is 35.8 Å². The zero-order valence-electron chi connectivity index (χ0n) is 9.47. The highest BCUT2D eigenvalue weighted by molar-refractivity contribution is 7.10. The number of hydrogen-bond acceptors (Lipinski definition) is 3. The smallest absolute Gasteiger partial charge is 0.244 e. The van der Waals surface area contributed by atoms with Crippen molar-refractivity contribution in [1.82, 2.24) is 5.32 Å². The Kier molecular flexibility index (Phi) is 3.77. The van der Waals surface area contributed by atoms with Crippen LogP contribution in [0, 0.1) is 6.92 Å². The maximum absolute atomic E-state index is 11.5. The maximum Gasteiger partial charge on any atom is 0.244 e. The third-order valence-corrected chi connectivity index (χ3v) is 3.36. The van der Waals surface area contributed by atoms with E-state index in [0.717, 1.165) is 0 Å². The summed E-state index contributed by atoms with van der Waals surface area (Å²) in [6, 6.07) is 5.63. The summed E-state index contributed by atoms with van der Waals surface area (Å²) in [5.41, 5.74) is 1.21. The van der Waals surface area contributed by atoms with Gasteiger partial charge < -0.3 is 9.73 Å². The first-order chi connectivity index (χ1) is 8.25. The van der Waals surface area contributed by atoms with Gasteiger partial charge in [0, 0.05) is 11.0 Å². The molecule has 0 radical (unpaired) electrons. The van der Waals surface area contributed by atoms with E-state index in [1.165, 1.54) is 16.5 Å². The Morgan fingerprint density at radius 1 is 1.53 bits per heavy atom. The molecule has 88 valence electrons. The quantitative estimate of drug-likeness (QED) is 0.844. The van der Waals surface area contributed by atoms with Gasteiger partial charge in [-0.1, -0.05) is 0 Å². The molecule has 2 rings (SSSR count). The molecule has 0 aliphatic rings. The molecule has 1 N–H and O–H groups in total. The van der Waals surface area contributed by atoms with Crippen LogP contribution in [0.3, 0.4) is 0 Å². The predicted octanol–water partition coefficient (Wildman–Crippen LogP) is 2.98. The van der Waals surface area contributed by atoms with Crippen LogP contribution in [0.4, 0.5) is 0 Å². The Morgan fingerprint density at radius 3 is 3.06 bits per heavy atom. The van der Waals surface area contributed by atoms with Crippen LogP contribution in [-0.4, -0.2) is 5.91 Å². The van der Waals surface area contributed by atoms with Gasteiger partial charge in [0.15, 0.2) is 0 Å². The van der Waals surface area contributed by atoms with Crippen molar-refractivity contribution in [3.63, 3.8) is 0 Å². The van der Waals surface area contributed by atoms with Gasteiger partial charge in [0.25, 0.3) is 0 Å². The van der Waals surface area contributed by atoms with Gasteiger partial charge in [-0.25, -0.2) is 0 Å². The highest BCUT2D eigenvalue weighted by Gasteiger charge is 2.01. The molecule has 2 aromatic heterocycles. The van der Waals surface area contributed by atoms with Gasteiger partial charge in [-0.05, 0) is 42.1 Å². The van der Waals surface area contributed by atoms with Crippen LogP contribution in [0.1, 0.15) is 16.2 Å². The summed E-state index contributed by atoms with van der Waals surface area (Å²) in [6.45, 7) is 2.61. The number of aryl methyl sites for hydroxylation is 1. The van der Waals surface area contributed by atoms with Crippen LogP contribution < -0.4 is 5.32 Å². The Labute approximate surface area is 104 Å². The second-order valence-electron chi connectivity index (χ2n) is 3.59. The third-order valence-electron chi connectivity index (χ3n) is 2.33. The average molecular weight is 247 g/mol. The summed E-state index contributed by atoms with van der Waals surface area (Å²) in [4.78, 5) is 12.7. The molecule has 17 heavy (non-hydrogen) atoms. The van der Waals surface area contributed by atoms with Crippen LogP contribution in [-0.2, 0) is 11.3 Å². The minimum atomic E-state index is -0.116. The molecule has 0 spiro atoms. The summed E-state index contributed by atoms with van der Waals surface area (Å²) < 4.78 is 5.09. The van der Waals surface area contributed by atoms with E-state index in [0.29, 0.717) is 12.3 Å². The molecule has 2 aromatic rings. The standard InChI is InChI=1S/C13H13NO2S/c1-10-6-8-17-12(10)9-14-13(15)5-4-11-3-2-7-16-11/h2-8H,9H2,1H3,(H,14,15)/b5-4+. The molecule has 4 heteroatoms. The first-order valence-corrected chi connectivity index (χ1v) is 6.16. The highest BCUT2D eigenvalue weighted by atomic mass is 32.1. The fourth-order valence-corrected chi connectivity index (χ4v) is 2.20. The number of furan rings is 1. The summed E-state index contributed by atoms with van der Waals surface area (Å²) >= 11 is 1.65. The lowest BCUT2D eigenvalue weighted by Crippen LogP contribution is -2.19. The van der Waals surface area contributed by atoms with Crippen molar-refractivity contribution in [2.75, 3.05) is 0 Å². The molecule has 0 fully saturated rings. The van der Waals surface area contributed by atoms with Crippen molar-refractivity contribution in [2.45, 2.75) is 13.5 Å². The van der Waals surface area contributed by atoms with Gasteiger partial charge in [-0.15, -0.1) is 11.3 Å². The third kappa shape index (κ3) is 3.32. The second kappa shape index (κ2) is 5.50. The van der Waals surface area contributed by atoms with E-state index in [9.17, 15) is 4.79 Å². The molecule has 3 nitrogen and oxygen atoms in total. The topological polar surface area (TPSA) is 42.2 Å². The summed E-state index contributed by atoms with van der Waals surface area (Å²) in [6.07, 6.45) is 4.70. The van der Waals surface area contributed by atoms with Gasteiger partial charge in [-0.3, -0.25) is 4.79 Å². The van der Waals surface area contributed by atoms with Gasteiger partial charge in [0.1, 0.15) is 5.76 Å². The molecule has 0 atom stereocenters. The van der Waals surface area contributed by atoms with Crippen molar-refractivity contribution >= 4 is 23.3 Å². The van der Waals surface area contributed by atoms with Gasteiger partial charge in [0.2, 0.25) is 5.91 Å². The fourth-order valence-electron chi connectivity index (χ4n) is 1.36. The molecule has 0 saturated heterocycles. The summed E-state index contributed by atoms with van der Waals surface area (Å²) in [7, 11) is 0. The predicted molar refractivity (Wildman–Crippen MR) is 68.6 cm³/mol. The number of thiophene rings is 1. The highest BCUT2D eigenvalue weighted by Crippen LogP contribution is 2.14. The molecular weight excluding hydrogens is 234 g/mol. The molecule has 0 saturated carbocycles. The average Bonchev–Trinajstić information content (AvgIpc) is 2.95. The van der Waals surface area contributed by atoms with E-state index in [2.05, 4.69) is 5.32 Å². The lowest BCUT2D eigenvalue weighted by atomic mass is 10.3. The lowest BCUT2D eigenvalue weighted by molar-refractivity contribution is -0.116. The minimum absolute atomic E-state index is 0.116. The van der Waals surface area contributed by atoms with Crippen molar-refractivity contribution in [3.05, 3.63) is 52.1 Å². The van der Waals surface area contributed by atoms with Crippen LogP contribution in [0.25, 0.3) is 6.08 Å². The van der Waals surface area contributed by atoms with E-state index in [4.69, 9.17) is 4.42 Å². The van der Waals surface area contributed by atoms with Crippen molar-refractivity contribution in [1.29, 1.82) is 0 Å². The molecule has 1 amide bonds. The number of carbonyl (C=O) groups excluding carboxylic acids is 1.